The maximum Gasteiger partial charge on any atom is 0.124 e. The fraction of sp³-hybridized carbons (Fsp3) is 0.429. The van der Waals surface area contributed by atoms with Gasteiger partial charge in [-0.15, -0.1) is 0 Å². The van der Waals surface area contributed by atoms with Crippen LogP contribution in [0.4, 0.5) is 0 Å². The molecule has 0 fully saturated rings. The summed E-state index contributed by atoms with van der Waals surface area (Å²) in [5.41, 5.74) is 2.52. The van der Waals surface area contributed by atoms with Gasteiger partial charge in [-0.25, -0.2) is 0 Å². The molecule has 0 aliphatic heterocycles. The summed E-state index contributed by atoms with van der Waals surface area (Å²) in [7, 11) is 0. The topological polar surface area (TPSA) is 21.3 Å². The highest BCUT2D eigenvalue weighted by Gasteiger charge is 2.11. The zero-order valence-electron chi connectivity index (χ0n) is 10.7. The van der Waals surface area contributed by atoms with Gasteiger partial charge < -0.3 is 10.1 Å². The summed E-state index contributed by atoms with van der Waals surface area (Å²) < 4.78 is 5.66. The SMILES string of the molecule is CCCNC(C)c1cc(Cl)ccc1OCC=CCl. The minimum atomic E-state index is 0.207. The molecule has 18 heavy (non-hydrogen) atoms. The van der Waals surface area contributed by atoms with Gasteiger partial charge in [-0.2, -0.15) is 0 Å². The van der Waals surface area contributed by atoms with Crippen molar-refractivity contribution in [3.8, 4) is 5.75 Å². The standard InChI is InChI=1S/C14H19Cl2NO/c1-3-8-17-11(2)13-10-12(16)5-6-14(13)18-9-4-7-15/h4-7,10-11,17H,3,8-9H2,1-2H3. The summed E-state index contributed by atoms with van der Waals surface area (Å²) in [6.07, 6.45) is 2.85. The maximum atomic E-state index is 6.04. The van der Waals surface area contributed by atoms with Gasteiger partial charge in [0, 0.05) is 22.2 Å². The van der Waals surface area contributed by atoms with Crippen molar-refractivity contribution in [1.82, 2.24) is 5.32 Å². The van der Waals surface area contributed by atoms with Gasteiger partial charge in [0.2, 0.25) is 0 Å². The predicted molar refractivity (Wildman–Crippen MR) is 78.6 cm³/mol. The van der Waals surface area contributed by atoms with E-state index in [1.54, 1.807) is 6.08 Å². The molecule has 0 amide bonds. The summed E-state index contributed by atoms with van der Waals surface area (Å²) >= 11 is 11.5. The monoisotopic (exact) mass is 287 g/mol. The van der Waals surface area contributed by atoms with E-state index in [2.05, 4.69) is 19.2 Å². The Balaban J connectivity index is 2.81. The highest BCUT2D eigenvalue weighted by Crippen LogP contribution is 2.28. The van der Waals surface area contributed by atoms with Gasteiger partial charge in [0.1, 0.15) is 12.4 Å². The van der Waals surface area contributed by atoms with Gasteiger partial charge in [0.25, 0.3) is 0 Å². The minimum Gasteiger partial charge on any atom is -0.489 e. The third kappa shape index (κ3) is 4.89. The molecule has 0 radical (unpaired) electrons. The van der Waals surface area contributed by atoms with Crippen molar-refractivity contribution in [2.45, 2.75) is 26.3 Å². The molecule has 1 aromatic carbocycles. The van der Waals surface area contributed by atoms with Crippen LogP contribution >= 0.6 is 23.2 Å². The van der Waals surface area contributed by atoms with Crippen LogP contribution < -0.4 is 10.1 Å². The summed E-state index contributed by atoms with van der Waals surface area (Å²) in [5.74, 6) is 0.838. The van der Waals surface area contributed by atoms with E-state index in [0.717, 1.165) is 29.3 Å². The van der Waals surface area contributed by atoms with Crippen molar-refractivity contribution in [1.29, 1.82) is 0 Å². The van der Waals surface area contributed by atoms with Crippen LogP contribution in [0.5, 0.6) is 5.75 Å². The molecule has 4 heteroatoms. The third-order valence-electron chi connectivity index (χ3n) is 2.56. The van der Waals surface area contributed by atoms with Crippen molar-refractivity contribution >= 4 is 23.2 Å². The second-order valence-electron chi connectivity index (χ2n) is 4.03. The van der Waals surface area contributed by atoms with Crippen LogP contribution in [0.25, 0.3) is 0 Å². The minimum absolute atomic E-state index is 0.207. The van der Waals surface area contributed by atoms with Crippen molar-refractivity contribution in [3.05, 3.63) is 40.4 Å². The Morgan fingerprint density at radius 2 is 2.22 bits per heavy atom. The zero-order chi connectivity index (χ0) is 13.4. The first-order valence-electron chi connectivity index (χ1n) is 6.09. The number of benzene rings is 1. The number of ether oxygens (including phenoxy) is 1. The number of hydrogen-bond donors (Lipinski definition) is 1. The molecule has 0 aromatic heterocycles. The molecule has 1 unspecified atom stereocenters. The first kappa shape index (κ1) is 15.4. The average Bonchev–Trinajstić information content (AvgIpc) is 2.38. The van der Waals surface area contributed by atoms with Gasteiger partial charge >= 0.3 is 0 Å². The molecule has 1 rings (SSSR count). The zero-order valence-corrected chi connectivity index (χ0v) is 12.3. The first-order chi connectivity index (χ1) is 8.69. The fourth-order valence-corrected chi connectivity index (χ4v) is 1.89. The Morgan fingerprint density at radius 1 is 1.44 bits per heavy atom. The molecule has 2 nitrogen and oxygen atoms in total. The van der Waals surface area contributed by atoms with Gasteiger partial charge in [-0.05, 0) is 44.2 Å². The molecule has 1 aromatic rings. The van der Waals surface area contributed by atoms with Crippen LogP contribution in [0.2, 0.25) is 5.02 Å². The van der Waals surface area contributed by atoms with E-state index in [9.17, 15) is 0 Å². The molecule has 0 spiro atoms. The first-order valence-corrected chi connectivity index (χ1v) is 6.91. The van der Waals surface area contributed by atoms with E-state index >= 15 is 0 Å². The smallest absolute Gasteiger partial charge is 0.124 e. The lowest BCUT2D eigenvalue weighted by molar-refractivity contribution is 0.354. The molecule has 100 valence electrons. The van der Waals surface area contributed by atoms with E-state index < -0.39 is 0 Å². The molecular weight excluding hydrogens is 269 g/mol. The normalized spacial score (nSPS) is 12.9. The molecule has 0 aliphatic rings. The lowest BCUT2D eigenvalue weighted by atomic mass is 10.1. The van der Waals surface area contributed by atoms with E-state index in [1.165, 1.54) is 5.54 Å². The summed E-state index contributed by atoms with van der Waals surface area (Å²) in [4.78, 5) is 0. The summed E-state index contributed by atoms with van der Waals surface area (Å²) in [6, 6.07) is 5.87. The molecular formula is C14H19Cl2NO. The Morgan fingerprint density at radius 3 is 2.89 bits per heavy atom. The van der Waals surface area contributed by atoms with Gasteiger partial charge in [-0.3, -0.25) is 0 Å². The van der Waals surface area contributed by atoms with Crippen molar-refractivity contribution < 1.29 is 4.74 Å². The van der Waals surface area contributed by atoms with Crippen LogP contribution in [0.1, 0.15) is 31.9 Å². The number of rotatable bonds is 7. The Labute approximate surface area is 119 Å². The molecule has 0 saturated heterocycles. The van der Waals surface area contributed by atoms with Crippen LogP contribution in [-0.4, -0.2) is 13.2 Å². The van der Waals surface area contributed by atoms with E-state index in [-0.39, 0.29) is 6.04 Å². The van der Waals surface area contributed by atoms with Gasteiger partial charge in [0.05, 0.1) is 0 Å². The molecule has 0 saturated carbocycles. The van der Waals surface area contributed by atoms with Crippen LogP contribution in [0.3, 0.4) is 0 Å². The second-order valence-corrected chi connectivity index (χ2v) is 4.72. The van der Waals surface area contributed by atoms with Crippen LogP contribution in [0.15, 0.2) is 29.8 Å². The Hall–Kier alpha value is -0.700. The molecule has 0 bridgehead atoms. The highest BCUT2D eigenvalue weighted by atomic mass is 35.5. The van der Waals surface area contributed by atoms with E-state index in [0.29, 0.717) is 6.61 Å². The van der Waals surface area contributed by atoms with Crippen LogP contribution in [-0.2, 0) is 0 Å². The Kier molecular flexibility index (Phi) is 7.18. The molecule has 0 heterocycles. The van der Waals surface area contributed by atoms with Gasteiger partial charge in [0.15, 0.2) is 0 Å². The number of nitrogens with one attached hydrogen (secondary N) is 1. The van der Waals surface area contributed by atoms with Crippen molar-refractivity contribution in [2.75, 3.05) is 13.2 Å². The van der Waals surface area contributed by atoms with Gasteiger partial charge in [-0.1, -0.05) is 30.1 Å². The summed E-state index contributed by atoms with van der Waals surface area (Å²) in [5, 5.41) is 4.14. The van der Waals surface area contributed by atoms with E-state index in [4.69, 9.17) is 27.9 Å². The maximum absolute atomic E-state index is 6.04. The lowest BCUT2D eigenvalue weighted by Crippen LogP contribution is -2.20. The van der Waals surface area contributed by atoms with Crippen LogP contribution in [0, 0.1) is 0 Å². The van der Waals surface area contributed by atoms with Crippen molar-refractivity contribution in [2.24, 2.45) is 0 Å². The highest BCUT2D eigenvalue weighted by molar-refractivity contribution is 6.30. The number of halogens is 2. The molecule has 1 atom stereocenters. The van der Waals surface area contributed by atoms with E-state index in [1.807, 2.05) is 18.2 Å². The average molecular weight is 288 g/mol. The molecule has 0 aliphatic carbocycles. The number of hydrogen-bond acceptors (Lipinski definition) is 2. The summed E-state index contributed by atoms with van der Waals surface area (Å²) in [6.45, 7) is 5.67. The largest absolute Gasteiger partial charge is 0.489 e. The fourth-order valence-electron chi connectivity index (χ4n) is 1.63. The second kappa shape index (κ2) is 8.41. The quantitative estimate of drug-likeness (QED) is 0.795. The Bertz CT molecular complexity index is 393. The molecule has 1 N–H and O–H groups in total. The van der Waals surface area contributed by atoms with Crippen molar-refractivity contribution in [3.63, 3.8) is 0 Å². The third-order valence-corrected chi connectivity index (χ3v) is 2.98. The predicted octanol–water partition coefficient (Wildman–Crippen LogP) is 4.53. The lowest BCUT2D eigenvalue weighted by Gasteiger charge is -2.18.